The number of nitrogens with two attached hydrogens (primary N) is 1. The highest BCUT2D eigenvalue weighted by molar-refractivity contribution is 5.95. The third-order valence-electron chi connectivity index (χ3n) is 3.77. The Morgan fingerprint density at radius 1 is 1.45 bits per heavy atom. The molecule has 0 bridgehead atoms. The Hall–Kier alpha value is -1.39. The van der Waals surface area contributed by atoms with Crippen molar-refractivity contribution in [3.8, 4) is 0 Å². The van der Waals surface area contributed by atoms with Crippen LogP contribution in [0.2, 0.25) is 0 Å². The van der Waals surface area contributed by atoms with Crippen molar-refractivity contribution >= 4 is 11.6 Å². The van der Waals surface area contributed by atoms with Gasteiger partial charge in [-0.05, 0) is 37.9 Å². The highest BCUT2D eigenvalue weighted by Gasteiger charge is 2.30. The average Bonchev–Trinajstić information content (AvgIpc) is 2.83. The van der Waals surface area contributed by atoms with Crippen molar-refractivity contribution in [2.45, 2.75) is 32.1 Å². The largest absolute Gasteiger partial charge is 0.382 e. The zero-order chi connectivity index (χ0) is 14.4. The fourth-order valence-corrected chi connectivity index (χ4v) is 2.78. The SMILES string of the molecule is CCOCCCC(=O)N1CC(CCN)c2ccccc21. The van der Waals surface area contributed by atoms with Crippen molar-refractivity contribution in [3.05, 3.63) is 29.8 Å². The number of ether oxygens (including phenoxy) is 1. The molecule has 20 heavy (non-hydrogen) atoms. The number of nitrogens with zero attached hydrogens (tertiary/aromatic N) is 1. The molecule has 1 amide bonds. The van der Waals surface area contributed by atoms with Crippen molar-refractivity contribution in [1.29, 1.82) is 0 Å². The number of rotatable bonds is 7. The van der Waals surface area contributed by atoms with Gasteiger partial charge in [-0.3, -0.25) is 4.79 Å². The van der Waals surface area contributed by atoms with Crippen LogP contribution in [0.1, 0.15) is 37.7 Å². The van der Waals surface area contributed by atoms with E-state index in [1.54, 1.807) is 0 Å². The molecule has 1 aliphatic rings. The molecule has 1 aromatic rings. The summed E-state index contributed by atoms with van der Waals surface area (Å²) >= 11 is 0. The van der Waals surface area contributed by atoms with Crippen LogP contribution in [0.5, 0.6) is 0 Å². The Morgan fingerprint density at radius 3 is 3.00 bits per heavy atom. The summed E-state index contributed by atoms with van der Waals surface area (Å²) in [6.07, 6.45) is 2.26. The van der Waals surface area contributed by atoms with E-state index in [-0.39, 0.29) is 5.91 Å². The van der Waals surface area contributed by atoms with Crippen LogP contribution in [0.3, 0.4) is 0 Å². The van der Waals surface area contributed by atoms with Gasteiger partial charge in [-0.15, -0.1) is 0 Å². The van der Waals surface area contributed by atoms with E-state index in [0.717, 1.165) is 25.1 Å². The molecule has 1 heterocycles. The predicted molar refractivity (Wildman–Crippen MR) is 80.9 cm³/mol. The zero-order valence-electron chi connectivity index (χ0n) is 12.2. The summed E-state index contributed by atoms with van der Waals surface area (Å²) in [6.45, 7) is 4.76. The highest BCUT2D eigenvalue weighted by Crippen LogP contribution is 2.37. The van der Waals surface area contributed by atoms with Gasteiger partial charge in [-0.1, -0.05) is 18.2 Å². The zero-order valence-corrected chi connectivity index (χ0v) is 12.2. The Labute approximate surface area is 120 Å². The van der Waals surface area contributed by atoms with Gasteiger partial charge in [0, 0.05) is 37.8 Å². The molecule has 1 aromatic carbocycles. The summed E-state index contributed by atoms with van der Waals surface area (Å²) in [7, 11) is 0. The minimum absolute atomic E-state index is 0.191. The summed E-state index contributed by atoms with van der Waals surface area (Å²) < 4.78 is 5.29. The van der Waals surface area contributed by atoms with E-state index >= 15 is 0 Å². The van der Waals surface area contributed by atoms with Crippen LogP contribution in [0.15, 0.2) is 24.3 Å². The lowest BCUT2D eigenvalue weighted by Crippen LogP contribution is -2.30. The maximum Gasteiger partial charge on any atom is 0.227 e. The molecule has 0 saturated carbocycles. The molecule has 2 rings (SSSR count). The maximum atomic E-state index is 12.4. The smallest absolute Gasteiger partial charge is 0.227 e. The molecule has 0 spiro atoms. The minimum atomic E-state index is 0.191. The van der Waals surface area contributed by atoms with E-state index in [1.807, 2.05) is 30.0 Å². The second-order valence-electron chi connectivity index (χ2n) is 5.14. The van der Waals surface area contributed by atoms with Gasteiger partial charge in [-0.2, -0.15) is 0 Å². The van der Waals surface area contributed by atoms with E-state index in [4.69, 9.17) is 10.5 Å². The van der Waals surface area contributed by atoms with Crippen LogP contribution < -0.4 is 10.6 Å². The van der Waals surface area contributed by atoms with Crippen LogP contribution in [0.4, 0.5) is 5.69 Å². The molecular weight excluding hydrogens is 252 g/mol. The summed E-state index contributed by atoms with van der Waals surface area (Å²) in [4.78, 5) is 14.3. The van der Waals surface area contributed by atoms with E-state index in [0.29, 0.717) is 32.1 Å². The number of amides is 1. The number of hydrogen-bond donors (Lipinski definition) is 1. The van der Waals surface area contributed by atoms with Gasteiger partial charge in [0.1, 0.15) is 0 Å². The van der Waals surface area contributed by atoms with Crippen LogP contribution in [-0.4, -0.2) is 32.2 Å². The maximum absolute atomic E-state index is 12.4. The lowest BCUT2D eigenvalue weighted by molar-refractivity contribution is -0.118. The van der Waals surface area contributed by atoms with Crippen molar-refractivity contribution in [2.75, 3.05) is 31.2 Å². The molecule has 0 fully saturated rings. The van der Waals surface area contributed by atoms with Crippen molar-refractivity contribution < 1.29 is 9.53 Å². The second kappa shape index (κ2) is 7.41. The summed E-state index contributed by atoms with van der Waals surface area (Å²) in [5.41, 5.74) is 8.00. The molecule has 4 nitrogen and oxygen atoms in total. The molecule has 110 valence electrons. The van der Waals surface area contributed by atoms with Gasteiger partial charge in [0.2, 0.25) is 5.91 Å². The topological polar surface area (TPSA) is 55.6 Å². The van der Waals surface area contributed by atoms with Gasteiger partial charge in [0.25, 0.3) is 0 Å². The molecule has 0 radical (unpaired) electrons. The van der Waals surface area contributed by atoms with E-state index in [2.05, 4.69) is 6.07 Å². The van der Waals surface area contributed by atoms with Crippen LogP contribution >= 0.6 is 0 Å². The van der Waals surface area contributed by atoms with Gasteiger partial charge in [0.05, 0.1) is 0 Å². The number of anilines is 1. The fourth-order valence-electron chi connectivity index (χ4n) is 2.78. The highest BCUT2D eigenvalue weighted by atomic mass is 16.5. The minimum Gasteiger partial charge on any atom is -0.382 e. The monoisotopic (exact) mass is 276 g/mol. The second-order valence-corrected chi connectivity index (χ2v) is 5.14. The summed E-state index contributed by atoms with van der Waals surface area (Å²) in [5.74, 6) is 0.573. The molecular formula is C16H24N2O2. The number of benzene rings is 1. The van der Waals surface area contributed by atoms with Crippen molar-refractivity contribution in [1.82, 2.24) is 0 Å². The Balaban J connectivity index is 2.00. The standard InChI is InChI=1S/C16H24N2O2/c1-2-20-11-5-8-16(19)18-12-13(9-10-17)14-6-3-4-7-15(14)18/h3-4,6-7,13H,2,5,8-12,17H2,1H3. The Bertz CT molecular complexity index is 448. The van der Waals surface area contributed by atoms with Gasteiger partial charge < -0.3 is 15.4 Å². The van der Waals surface area contributed by atoms with Crippen LogP contribution in [0.25, 0.3) is 0 Å². The molecule has 1 atom stereocenters. The number of carbonyl (C=O) groups excluding carboxylic acids is 1. The Kier molecular flexibility index (Phi) is 5.56. The van der Waals surface area contributed by atoms with Crippen LogP contribution in [0, 0.1) is 0 Å². The summed E-state index contributed by atoms with van der Waals surface area (Å²) in [6, 6.07) is 8.17. The van der Waals surface area contributed by atoms with Crippen molar-refractivity contribution in [2.24, 2.45) is 5.73 Å². The predicted octanol–water partition coefficient (Wildman–Crippen LogP) is 2.28. The first-order valence-electron chi connectivity index (χ1n) is 7.45. The van der Waals surface area contributed by atoms with E-state index in [9.17, 15) is 4.79 Å². The Morgan fingerprint density at radius 2 is 2.25 bits per heavy atom. The first-order chi connectivity index (χ1) is 9.77. The molecule has 1 unspecified atom stereocenters. The number of para-hydroxylation sites is 1. The van der Waals surface area contributed by atoms with Crippen molar-refractivity contribution in [3.63, 3.8) is 0 Å². The third kappa shape index (κ3) is 3.38. The van der Waals surface area contributed by atoms with E-state index < -0.39 is 0 Å². The fraction of sp³-hybridized carbons (Fsp3) is 0.562. The molecule has 2 N–H and O–H groups in total. The average molecular weight is 276 g/mol. The van der Waals surface area contributed by atoms with Gasteiger partial charge >= 0.3 is 0 Å². The lowest BCUT2D eigenvalue weighted by Gasteiger charge is -2.18. The first kappa shape index (κ1) is 15.0. The van der Waals surface area contributed by atoms with Crippen LogP contribution in [-0.2, 0) is 9.53 Å². The van der Waals surface area contributed by atoms with Gasteiger partial charge in [-0.25, -0.2) is 0 Å². The molecule has 1 aliphatic heterocycles. The lowest BCUT2D eigenvalue weighted by atomic mass is 9.98. The molecule has 0 aliphatic carbocycles. The normalized spacial score (nSPS) is 17.3. The number of hydrogen-bond acceptors (Lipinski definition) is 3. The number of fused-ring (bicyclic) bond motifs is 1. The number of carbonyl (C=O) groups is 1. The quantitative estimate of drug-likeness (QED) is 0.777. The first-order valence-corrected chi connectivity index (χ1v) is 7.45. The summed E-state index contributed by atoms with van der Waals surface area (Å²) in [5, 5.41) is 0. The molecule has 4 heteroatoms. The molecule has 0 aromatic heterocycles. The van der Waals surface area contributed by atoms with E-state index in [1.165, 1.54) is 5.56 Å². The van der Waals surface area contributed by atoms with Gasteiger partial charge in [0.15, 0.2) is 0 Å². The third-order valence-corrected chi connectivity index (χ3v) is 3.77. The molecule has 0 saturated heterocycles.